The molecule has 47 heavy (non-hydrogen) atoms. The van der Waals surface area contributed by atoms with Gasteiger partial charge >= 0.3 is 13.7 Å². The van der Waals surface area contributed by atoms with Gasteiger partial charge in [0.25, 0.3) is 5.91 Å². The van der Waals surface area contributed by atoms with Crippen molar-refractivity contribution in [3.05, 3.63) is 53.1 Å². The first-order chi connectivity index (χ1) is 21.9. The fraction of sp³-hybridized carbons (Fsp3) is 0.576. The van der Waals surface area contributed by atoms with Crippen LogP contribution in [-0.2, 0) is 44.3 Å². The van der Waals surface area contributed by atoms with Crippen LogP contribution >= 0.6 is 7.75 Å². The molecule has 1 unspecified atom stereocenters. The molecule has 1 amide bonds. The molecule has 0 aliphatic carbocycles. The number of methoxy groups -OCH3 is 2. The van der Waals surface area contributed by atoms with E-state index in [0.29, 0.717) is 22.8 Å². The highest BCUT2D eigenvalue weighted by Gasteiger charge is 2.47. The van der Waals surface area contributed by atoms with E-state index in [4.69, 9.17) is 37.6 Å². The van der Waals surface area contributed by atoms with E-state index >= 15 is 0 Å². The molecule has 1 heterocycles. The minimum atomic E-state index is -4.32. The summed E-state index contributed by atoms with van der Waals surface area (Å²) in [6.45, 7) is 15.4. The third kappa shape index (κ3) is 10.9. The molecule has 2 N–H and O–H groups in total. The van der Waals surface area contributed by atoms with Gasteiger partial charge in [-0.2, -0.15) is 5.09 Å². The summed E-state index contributed by atoms with van der Waals surface area (Å²) < 4.78 is 54.4. The van der Waals surface area contributed by atoms with E-state index in [1.807, 2.05) is 19.9 Å². The molecule has 0 aromatic heterocycles. The van der Waals surface area contributed by atoms with E-state index in [2.05, 4.69) is 10.6 Å². The van der Waals surface area contributed by atoms with E-state index in [-0.39, 0.29) is 12.5 Å². The lowest BCUT2D eigenvalue weighted by atomic mass is 10.1. The molecule has 0 saturated carbocycles. The van der Waals surface area contributed by atoms with Gasteiger partial charge in [-0.3, -0.25) is 19.0 Å². The van der Waals surface area contributed by atoms with Crippen molar-refractivity contribution < 1.29 is 51.7 Å². The molecular formula is C33H49N2O11P. The highest BCUT2D eigenvalue weighted by molar-refractivity contribution is 7.52. The van der Waals surface area contributed by atoms with Crippen molar-refractivity contribution in [1.82, 2.24) is 10.6 Å². The Hall–Kier alpha value is -3.19. The Morgan fingerprint density at radius 3 is 2.34 bits per heavy atom. The van der Waals surface area contributed by atoms with Crippen LogP contribution in [0.5, 0.6) is 17.2 Å². The highest BCUT2D eigenvalue weighted by atomic mass is 31.2. The van der Waals surface area contributed by atoms with E-state index in [1.54, 1.807) is 85.9 Å². The molecular weight excluding hydrogens is 631 g/mol. The van der Waals surface area contributed by atoms with Crippen LogP contribution in [0.4, 0.5) is 0 Å². The quantitative estimate of drug-likeness (QED) is 0.138. The zero-order chi connectivity index (χ0) is 35.2. The molecule has 0 bridgehead atoms. The lowest BCUT2D eigenvalue weighted by Gasteiger charge is -2.30. The van der Waals surface area contributed by atoms with Gasteiger partial charge in [0.1, 0.15) is 41.6 Å². The Balaban J connectivity index is 1.80. The second-order valence-electron chi connectivity index (χ2n) is 13.0. The molecule has 1 aliphatic heterocycles. The highest BCUT2D eigenvalue weighted by Crippen LogP contribution is 2.47. The zero-order valence-electron chi connectivity index (χ0n) is 29.1. The molecule has 2 aromatic carbocycles. The van der Waals surface area contributed by atoms with Crippen LogP contribution in [0.15, 0.2) is 36.4 Å². The maximum atomic E-state index is 14.5. The van der Waals surface area contributed by atoms with Gasteiger partial charge in [-0.15, -0.1) is 0 Å². The van der Waals surface area contributed by atoms with Gasteiger partial charge in [-0.25, -0.2) is 10.0 Å². The predicted octanol–water partition coefficient (Wildman–Crippen LogP) is 5.55. The van der Waals surface area contributed by atoms with Gasteiger partial charge in [-0.05, 0) is 83.7 Å². The SMILES string of the molecule is COc1ccc(CONC(=O)[C@@H]2OC(C)(C)O[C@@H]2COP(=O)(N[C@H](C(=O)OC(C)(C)C)C(C)C)Oc2cccc(C)c2C)c(OC)c1. The van der Waals surface area contributed by atoms with Crippen LogP contribution in [0.2, 0.25) is 0 Å². The van der Waals surface area contributed by atoms with Crippen molar-refractivity contribution >= 4 is 19.6 Å². The topological polar surface area (TPSA) is 149 Å². The summed E-state index contributed by atoms with van der Waals surface area (Å²) in [4.78, 5) is 31.9. The van der Waals surface area contributed by atoms with Crippen LogP contribution in [0, 0.1) is 19.8 Å². The summed E-state index contributed by atoms with van der Waals surface area (Å²) >= 11 is 0. The fourth-order valence-corrected chi connectivity index (χ4v) is 6.34. The summed E-state index contributed by atoms with van der Waals surface area (Å²) in [6, 6.07) is 9.44. The summed E-state index contributed by atoms with van der Waals surface area (Å²) in [5, 5.41) is 2.80. The predicted molar refractivity (Wildman–Crippen MR) is 174 cm³/mol. The lowest BCUT2D eigenvalue weighted by Crippen LogP contribution is -2.45. The molecule has 1 saturated heterocycles. The van der Waals surface area contributed by atoms with Crippen molar-refractivity contribution in [2.45, 2.75) is 98.6 Å². The van der Waals surface area contributed by atoms with Gasteiger partial charge in [0.2, 0.25) is 0 Å². The normalized spacial score (nSPS) is 19.5. The monoisotopic (exact) mass is 680 g/mol. The van der Waals surface area contributed by atoms with E-state index < -0.39 is 55.9 Å². The summed E-state index contributed by atoms with van der Waals surface area (Å²) in [7, 11) is -1.26. The minimum absolute atomic E-state index is 0.0128. The number of benzene rings is 2. The number of hydrogen-bond acceptors (Lipinski definition) is 11. The van der Waals surface area contributed by atoms with E-state index in [1.165, 1.54) is 7.11 Å². The summed E-state index contributed by atoms with van der Waals surface area (Å²) in [6.07, 6.45) is -2.23. The standard InChI is InChI=1S/C33H49N2O11P/c1-20(2)28(31(37)45-32(5,6)7)35-47(38,46-25-14-12-13-21(3)22(25)4)42-19-27-29(44-33(8,9)43-27)30(36)34-41-18-23-15-16-24(39-10)17-26(23)40-11/h12-17,20,27-29H,18-19H2,1-11H3,(H,34,36)(H,35,38)/t27-,28+,29-,47?/m1/s1. The summed E-state index contributed by atoms with van der Waals surface area (Å²) in [5.41, 5.74) is 3.91. The molecule has 1 fully saturated rings. The first kappa shape index (κ1) is 38.3. The first-order valence-electron chi connectivity index (χ1n) is 15.4. The van der Waals surface area contributed by atoms with Crippen molar-refractivity contribution in [3.63, 3.8) is 0 Å². The van der Waals surface area contributed by atoms with Gasteiger partial charge in [0.05, 0.1) is 20.8 Å². The number of carbonyl (C=O) groups is 2. The molecule has 3 rings (SSSR count). The van der Waals surface area contributed by atoms with Gasteiger partial charge in [0, 0.05) is 11.6 Å². The number of hydroxylamine groups is 1. The molecule has 14 heteroatoms. The summed E-state index contributed by atoms with van der Waals surface area (Å²) in [5.74, 6) is -1.38. The largest absolute Gasteiger partial charge is 0.497 e. The lowest BCUT2D eigenvalue weighted by molar-refractivity contribution is -0.163. The van der Waals surface area contributed by atoms with Crippen molar-refractivity contribution in [2.24, 2.45) is 5.92 Å². The molecule has 13 nitrogen and oxygen atoms in total. The van der Waals surface area contributed by atoms with Gasteiger partial charge < -0.3 is 28.2 Å². The number of nitrogens with one attached hydrogen (secondary N) is 2. The fourth-order valence-electron chi connectivity index (χ4n) is 4.62. The van der Waals surface area contributed by atoms with Crippen LogP contribution in [0.3, 0.4) is 0 Å². The van der Waals surface area contributed by atoms with Crippen molar-refractivity contribution in [1.29, 1.82) is 0 Å². The number of amides is 1. The maximum absolute atomic E-state index is 14.5. The van der Waals surface area contributed by atoms with Crippen LogP contribution in [-0.4, -0.2) is 62.3 Å². The van der Waals surface area contributed by atoms with E-state index in [0.717, 1.165) is 11.1 Å². The number of ether oxygens (including phenoxy) is 5. The average molecular weight is 681 g/mol. The maximum Gasteiger partial charge on any atom is 0.459 e. The number of rotatable bonds is 15. The third-order valence-electron chi connectivity index (χ3n) is 7.14. The Morgan fingerprint density at radius 2 is 1.72 bits per heavy atom. The number of hydrogen-bond donors (Lipinski definition) is 2. The molecule has 1 aliphatic rings. The van der Waals surface area contributed by atoms with Crippen molar-refractivity contribution in [2.75, 3.05) is 20.8 Å². The van der Waals surface area contributed by atoms with Crippen LogP contribution in [0.25, 0.3) is 0 Å². The Morgan fingerprint density at radius 1 is 1.02 bits per heavy atom. The van der Waals surface area contributed by atoms with E-state index in [9.17, 15) is 14.2 Å². The second-order valence-corrected chi connectivity index (χ2v) is 14.7. The smallest absolute Gasteiger partial charge is 0.459 e. The first-order valence-corrected chi connectivity index (χ1v) is 16.9. The van der Waals surface area contributed by atoms with Gasteiger partial charge in [-0.1, -0.05) is 26.0 Å². The van der Waals surface area contributed by atoms with Crippen LogP contribution in [0.1, 0.15) is 65.2 Å². The molecule has 0 spiro atoms. The molecule has 4 atom stereocenters. The Kier molecular flexibility index (Phi) is 12.9. The third-order valence-corrected chi connectivity index (χ3v) is 8.66. The molecule has 262 valence electrons. The minimum Gasteiger partial charge on any atom is -0.497 e. The van der Waals surface area contributed by atoms with Crippen molar-refractivity contribution in [3.8, 4) is 17.2 Å². The Labute approximate surface area is 277 Å². The molecule has 0 radical (unpaired) electrons. The second kappa shape index (κ2) is 15.8. The average Bonchev–Trinajstić information content (AvgIpc) is 3.30. The number of esters is 1. The Bertz CT molecular complexity index is 1440. The number of carbonyl (C=O) groups excluding carboxylic acids is 2. The van der Waals surface area contributed by atoms with Gasteiger partial charge in [0.15, 0.2) is 11.9 Å². The number of aryl methyl sites for hydroxylation is 1. The zero-order valence-corrected chi connectivity index (χ0v) is 30.0. The molecule has 2 aromatic rings. The van der Waals surface area contributed by atoms with Crippen LogP contribution < -0.4 is 24.6 Å².